The Morgan fingerprint density at radius 1 is 1.43 bits per heavy atom. The van der Waals surface area contributed by atoms with E-state index in [1.165, 1.54) is 0 Å². The summed E-state index contributed by atoms with van der Waals surface area (Å²) in [6.45, 7) is 6.82. The van der Waals surface area contributed by atoms with Crippen molar-refractivity contribution in [2.45, 2.75) is 32.4 Å². The second kappa shape index (κ2) is 6.05. The van der Waals surface area contributed by atoms with Crippen LogP contribution in [0.25, 0.3) is 0 Å². The highest BCUT2D eigenvalue weighted by atomic mass is 79.9. The number of alkyl carbamates (subject to hydrolysis) is 1. The molecular weight excluding hydrogens is 336 g/mol. The lowest BCUT2D eigenvalue weighted by Gasteiger charge is -2.42. The molecule has 5 nitrogen and oxygen atoms in total. The lowest BCUT2D eigenvalue weighted by Crippen LogP contribution is -2.60. The number of aldehydes is 1. The Kier molecular flexibility index (Phi) is 4.56. The summed E-state index contributed by atoms with van der Waals surface area (Å²) >= 11 is 3.37. The van der Waals surface area contributed by atoms with Crippen molar-refractivity contribution in [3.8, 4) is 0 Å². The third kappa shape index (κ3) is 3.97. The predicted octanol–water partition coefficient (Wildman–Crippen LogP) is 2.97. The predicted molar refractivity (Wildman–Crippen MR) is 84.9 cm³/mol. The van der Waals surface area contributed by atoms with E-state index in [1.54, 1.807) is 0 Å². The molecule has 1 aliphatic rings. The van der Waals surface area contributed by atoms with Crippen molar-refractivity contribution in [3.05, 3.63) is 28.2 Å². The fourth-order valence-electron chi connectivity index (χ4n) is 2.16. The van der Waals surface area contributed by atoms with E-state index in [0.29, 0.717) is 18.7 Å². The van der Waals surface area contributed by atoms with Crippen molar-refractivity contribution >= 4 is 34.0 Å². The van der Waals surface area contributed by atoms with Crippen LogP contribution in [0, 0.1) is 0 Å². The Bertz CT molecular complexity index is 548. The van der Waals surface area contributed by atoms with Crippen molar-refractivity contribution in [1.29, 1.82) is 0 Å². The first-order valence-electron chi connectivity index (χ1n) is 6.78. The molecule has 1 saturated heterocycles. The second-order valence-electron chi connectivity index (χ2n) is 6.04. The summed E-state index contributed by atoms with van der Waals surface area (Å²) < 4.78 is 5.99. The number of benzene rings is 1. The summed E-state index contributed by atoms with van der Waals surface area (Å²) in [4.78, 5) is 24.9. The smallest absolute Gasteiger partial charge is 0.407 e. The molecule has 1 aromatic carbocycles. The van der Waals surface area contributed by atoms with Gasteiger partial charge in [-0.05, 0) is 48.8 Å². The maximum Gasteiger partial charge on any atom is 0.407 e. The number of halogens is 1. The fraction of sp³-hybridized carbons (Fsp3) is 0.467. The van der Waals surface area contributed by atoms with Gasteiger partial charge in [-0.3, -0.25) is 4.79 Å². The van der Waals surface area contributed by atoms with Gasteiger partial charge in [0.05, 0.1) is 11.6 Å². The number of nitrogens with zero attached hydrogens (tertiary/aromatic N) is 1. The second-order valence-corrected chi connectivity index (χ2v) is 6.89. The summed E-state index contributed by atoms with van der Waals surface area (Å²) in [5.41, 5.74) is 1.01. The molecule has 1 aromatic rings. The zero-order valence-corrected chi connectivity index (χ0v) is 13.9. The van der Waals surface area contributed by atoms with Crippen molar-refractivity contribution in [2.24, 2.45) is 0 Å². The molecule has 21 heavy (non-hydrogen) atoms. The van der Waals surface area contributed by atoms with Gasteiger partial charge in [0.1, 0.15) is 5.60 Å². The van der Waals surface area contributed by atoms with Crippen LogP contribution in [0.1, 0.15) is 31.1 Å². The van der Waals surface area contributed by atoms with Gasteiger partial charge in [-0.25, -0.2) is 4.79 Å². The Labute approximate surface area is 132 Å². The molecule has 1 amide bonds. The van der Waals surface area contributed by atoms with Crippen LogP contribution in [0.5, 0.6) is 0 Å². The van der Waals surface area contributed by atoms with Gasteiger partial charge in [0.25, 0.3) is 0 Å². The summed E-state index contributed by atoms with van der Waals surface area (Å²) in [6, 6.07) is 5.67. The van der Waals surface area contributed by atoms with Crippen molar-refractivity contribution in [3.63, 3.8) is 0 Å². The van der Waals surface area contributed by atoms with E-state index in [-0.39, 0.29) is 6.04 Å². The largest absolute Gasteiger partial charge is 0.444 e. The molecular formula is C15H19BrN2O3. The lowest BCUT2D eigenvalue weighted by atomic mass is 10.1. The number of ether oxygens (including phenoxy) is 1. The standard InChI is InChI=1S/C15H19BrN2O3/c1-15(2,3)21-14(20)17-10-7-18(8-10)13-6-4-5-12(16)11(13)9-19/h4-6,9-10H,7-8H2,1-3H3,(H,17,20). The molecule has 0 bridgehead atoms. The van der Waals surface area contributed by atoms with E-state index in [1.807, 2.05) is 39.0 Å². The minimum atomic E-state index is -0.498. The van der Waals surface area contributed by atoms with E-state index in [9.17, 15) is 9.59 Å². The molecule has 1 aliphatic heterocycles. The molecule has 1 fully saturated rings. The number of hydrogen-bond donors (Lipinski definition) is 1. The molecule has 0 radical (unpaired) electrons. The van der Waals surface area contributed by atoms with Gasteiger partial charge in [0.15, 0.2) is 6.29 Å². The Hall–Kier alpha value is -1.56. The number of hydrogen-bond acceptors (Lipinski definition) is 4. The number of carbonyl (C=O) groups is 2. The molecule has 1 N–H and O–H groups in total. The quantitative estimate of drug-likeness (QED) is 0.847. The maximum atomic E-state index is 11.7. The van der Waals surface area contributed by atoms with Crippen LogP contribution in [0.3, 0.4) is 0 Å². The average Bonchev–Trinajstić information content (AvgIpc) is 2.30. The van der Waals surface area contributed by atoms with E-state index >= 15 is 0 Å². The first kappa shape index (κ1) is 15.8. The van der Waals surface area contributed by atoms with Gasteiger partial charge in [0.2, 0.25) is 0 Å². The third-order valence-corrected chi connectivity index (χ3v) is 3.78. The van der Waals surface area contributed by atoms with Gasteiger partial charge in [-0.2, -0.15) is 0 Å². The number of rotatable bonds is 3. The number of anilines is 1. The molecule has 6 heteroatoms. The number of nitrogens with one attached hydrogen (secondary N) is 1. The SMILES string of the molecule is CC(C)(C)OC(=O)NC1CN(c2cccc(Br)c2C=O)C1. The van der Waals surface area contributed by atoms with E-state index in [2.05, 4.69) is 26.1 Å². The van der Waals surface area contributed by atoms with Gasteiger partial charge in [-0.1, -0.05) is 6.07 Å². The van der Waals surface area contributed by atoms with E-state index in [4.69, 9.17) is 4.74 Å². The average molecular weight is 355 g/mol. The van der Waals surface area contributed by atoms with Gasteiger partial charge in [0, 0.05) is 23.2 Å². The minimum absolute atomic E-state index is 0.0401. The summed E-state index contributed by atoms with van der Waals surface area (Å²) in [6.07, 6.45) is 0.436. The molecule has 0 unspecified atom stereocenters. The van der Waals surface area contributed by atoms with Gasteiger partial charge >= 0.3 is 6.09 Å². The van der Waals surface area contributed by atoms with Crippen LogP contribution in [0.2, 0.25) is 0 Å². The zero-order chi connectivity index (χ0) is 15.6. The van der Waals surface area contributed by atoms with E-state index in [0.717, 1.165) is 16.4 Å². The highest BCUT2D eigenvalue weighted by Crippen LogP contribution is 2.29. The number of carbonyl (C=O) groups excluding carboxylic acids is 2. The first-order valence-corrected chi connectivity index (χ1v) is 7.57. The van der Waals surface area contributed by atoms with Crippen molar-refractivity contribution in [1.82, 2.24) is 5.32 Å². The van der Waals surface area contributed by atoms with Crippen LogP contribution >= 0.6 is 15.9 Å². The monoisotopic (exact) mass is 354 g/mol. The maximum absolute atomic E-state index is 11.7. The molecule has 0 saturated carbocycles. The molecule has 2 rings (SSSR count). The lowest BCUT2D eigenvalue weighted by molar-refractivity contribution is 0.0496. The molecule has 1 heterocycles. The molecule has 114 valence electrons. The van der Waals surface area contributed by atoms with E-state index < -0.39 is 11.7 Å². The topological polar surface area (TPSA) is 58.6 Å². The van der Waals surface area contributed by atoms with Gasteiger partial charge < -0.3 is 15.0 Å². The Morgan fingerprint density at radius 2 is 2.10 bits per heavy atom. The molecule has 0 aliphatic carbocycles. The highest BCUT2D eigenvalue weighted by Gasteiger charge is 2.31. The van der Waals surface area contributed by atoms with Crippen LogP contribution in [-0.2, 0) is 4.74 Å². The minimum Gasteiger partial charge on any atom is -0.444 e. The molecule has 0 aromatic heterocycles. The molecule has 0 atom stereocenters. The van der Waals surface area contributed by atoms with Crippen LogP contribution in [0.15, 0.2) is 22.7 Å². The highest BCUT2D eigenvalue weighted by molar-refractivity contribution is 9.10. The van der Waals surface area contributed by atoms with Crippen molar-refractivity contribution < 1.29 is 14.3 Å². The Balaban J connectivity index is 1.91. The molecule has 0 spiro atoms. The summed E-state index contributed by atoms with van der Waals surface area (Å²) in [7, 11) is 0. The first-order chi connectivity index (χ1) is 9.80. The number of amides is 1. The van der Waals surface area contributed by atoms with Gasteiger partial charge in [-0.15, -0.1) is 0 Å². The van der Waals surface area contributed by atoms with Crippen LogP contribution < -0.4 is 10.2 Å². The fourth-order valence-corrected chi connectivity index (χ4v) is 2.61. The van der Waals surface area contributed by atoms with Crippen molar-refractivity contribution in [2.75, 3.05) is 18.0 Å². The summed E-state index contributed by atoms with van der Waals surface area (Å²) in [5, 5.41) is 2.82. The van der Waals surface area contributed by atoms with Crippen LogP contribution in [0.4, 0.5) is 10.5 Å². The van der Waals surface area contributed by atoms with Crippen LogP contribution in [-0.4, -0.2) is 37.1 Å². The Morgan fingerprint density at radius 3 is 2.67 bits per heavy atom. The zero-order valence-electron chi connectivity index (χ0n) is 12.4. The normalized spacial score (nSPS) is 15.3. The summed E-state index contributed by atoms with van der Waals surface area (Å²) in [5.74, 6) is 0. The third-order valence-electron chi connectivity index (χ3n) is 3.09.